The van der Waals surface area contributed by atoms with Crippen LogP contribution >= 0.6 is 0 Å². The lowest BCUT2D eigenvalue weighted by molar-refractivity contribution is -0.192. The summed E-state index contributed by atoms with van der Waals surface area (Å²) in [5.41, 5.74) is -0.316. The van der Waals surface area contributed by atoms with Crippen molar-refractivity contribution in [1.82, 2.24) is 15.1 Å². The van der Waals surface area contributed by atoms with E-state index in [1.165, 1.54) is 5.56 Å². The van der Waals surface area contributed by atoms with Gasteiger partial charge in [0.25, 0.3) is 0 Å². The average molecular weight is 693 g/mol. The van der Waals surface area contributed by atoms with Crippen LogP contribution in [0, 0.1) is 5.82 Å². The molecule has 2 aromatic rings. The van der Waals surface area contributed by atoms with Gasteiger partial charge in [0, 0.05) is 29.2 Å². The minimum atomic E-state index is -5.08. The highest BCUT2D eigenvalue weighted by Crippen LogP contribution is 2.51. The normalized spacial score (nSPS) is 23.8. The number of likely N-dealkylation sites (tertiary alicyclic amines) is 2. The number of rotatable bonds is 6. The number of piperidine rings is 1. The molecule has 48 heavy (non-hydrogen) atoms. The van der Waals surface area contributed by atoms with Crippen LogP contribution in [0.1, 0.15) is 49.7 Å². The number of anilines is 1. The van der Waals surface area contributed by atoms with E-state index in [-0.39, 0.29) is 23.2 Å². The largest absolute Gasteiger partial charge is 0.493 e. The second-order valence-electron chi connectivity index (χ2n) is 12.4. The fourth-order valence-electron chi connectivity index (χ4n) is 7.14. The van der Waals surface area contributed by atoms with E-state index in [1.54, 1.807) is 14.2 Å². The van der Waals surface area contributed by atoms with Gasteiger partial charge in [-0.15, -0.1) is 0 Å². The van der Waals surface area contributed by atoms with Crippen LogP contribution in [-0.4, -0.2) is 92.1 Å². The van der Waals surface area contributed by atoms with Crippen LogP contribution in [0.25, 0.3) is 0 Å². The molecule has 1 saturated carbocycles. The van der Waals surface area contributed by atoms with Gasteiger partial charge in [-0.2, -0.15) is 26.3 Å². The van der Waals surface area contributed by atoms with E-state index >= 15 is 0 Å². The molecule has 3 aliphatic rings. The highest BCUT2D eigenvalue weighted by molar-refractivity contribution is 5.89. The van der Waals surface area contributed by atoms with Crippen molar-refractivity contribution >= 4 is 17.7 Å². The van der Waals surface area contributed by atoms with E-state index in [2.05, 4.69) is 39.6 Å². The number of aliphatic carboxylic acids is 1. The number of hydrogen-bond donors (Lipinski definition) is 3. The van der Waals surface area contributed by atoms with Crippen LogP contribution < -0.4 is 20.1 Å². The van der Waals surface area contributed by atoms with E-state index in [0.29, 0.717) is 36.4 Å². The minimum absolute atomic E-state index is 0.123. The van der Waals surface area contributed by atoms with Crippen molar-refractivity contribution in [1.29, 1.82) is 0 Å². The van der Waals surface area contributed by atoms with E-state index in [9.17, 15) is 35.5 Å². The number of carbonyl (C=O) groups excluding carboxylic acids is 1. The molecule has 2 aliphatic heterocycles. The second kappa shape index (κ2) is 14.8. The molecule has 0 radical (unpaired) electrons. The Labute approximate surface area is 273 Å². The number of benzene rings is 2. The molecular weight excluding hydrogens is 653 g/mol. The number of amides is 2. The van der Waals surface area contributed by atoms with Crippen molar-refractivity contribution < 1.29 is 54.9 Å². The van der Waals surface area contributed by atoms with Gasteiger partial charge in [-0.25, -0.2) is 14.0 Å². The number of nitrogens with one attached hydrogen (secondary N) is 2. The number of nitrogens with zero attached hydrogens (tertiary/aromatic N) is 2. The Kier molecular flexibility index (Phi) is 11.4. The first kappa shape index (κ1) is 37.0. The summed E-state index contributed by atoms with van der Waals surface area (Å²) >= 11 is 0. The lowest BCUT2D eigenvalue weighted by Gasteiger charge is -2.48. The molecule has 2 amide bonds. The fourth-order valence-corrected chi connectivity index (χ4v) is 7.14. The van der Waals surface area contributed by atoms with Gasteiger partial charge in [0.1, 0.15) is 5.82 Å². The molecule has 2 aromatic carbocycles. The molecule has 16 heteroatoms. The lowest BCUT2D eigenvalue weighted by Crippen LogP contribution is -2.56. The topological polar surface area (TPSA) is 103 Å². The molecule has 3 atom stereocenters. The average Bonchev–Trinajstić information content (AvgIpc) is 3.40. The van der Waals surface area contributed by atoms with Crippen molar-refractivity contribution in [3.05, 3.63) is 53.3 Å². The third-order valence-electron chi connectivity index (χ3n) is 9.48. The Morgan fingerprint density at radius 2 is 1.56 bits per heavy atom. The quantitative estimate of drug-likeness (QED) is 0.307. The maximum Gasteiger partial charge on any atom is 0.490 e. The number of carboxylic acids is 1. The minimum Gasteiger partial charge on any atom is -0.493 e. The molecule has 2 saturated heterocycles. The molecule has 3 N–H and O–H groups in total. The number of carbonyl (C=O) groups is 2. The van der Waals surface area contributed by atoms with Gasteiger partial charge in [-0.1, -0.05) is 6.07 Å². The van der Waals surface area contributed by atoms with Gasteiger partial charge < -0.3 is 30.1 Å². The summed E-state index contributed by atoms with van der Waals surface area (Å²) in [5, 5.41) is 12.5. The number of ether oxygens (including phenoxy) is 2. The monoisotopic (exact) mass is 692 g/mol. The fraction of sp³-hybridized carbons (Fsp3) is 0.562. The van der Waals surface area contributed by atoms with Crippen LogP contribution in [0.3, 0.4) is 0 Å². The SMILES string of the molecule is COc1ccc([C@@]23CC[C@@H](NC(=O)Nc4cc(F)cc(C(F)(F)F)c4)C[C@@H]2N(C2CCN(C)CC2)CC3)cc1OC.O=C(O)C(F)(F)F. The van der Waals surface area contributed by atoms with Gasteiger partial charge in [-0.05, 0) is 101 Å². The van der Waals surface area contributed by atoms with E-state index in [4.69, 9.17) is 19.4 Å². The zero-order valence-electron chi connectivity index (χ0n) is 26.7. The van der Waals surface area contributed by atoms with Crippen LogP contribution in [0.15, 0.2) is 36.4 Å². The maximum atomic E-state index is 13.9. The number of hydrogen-bond acceptors (Lipinski definition) is 6. The highest BCUT2D eigenvalue weighted by atomic mass is 19.4. The zero-order valence-corrected chi connectivity index (χ0v) is 26.7. The smallest absolute Gasteiger partial charge is 0.490 e. The van der Waals surface area contributed by atoms with Crippen molar-refractivity contribution in [2.75, 3.05) is 46.2 Å². The van der Waals surface area contributed by atoms with Crippen LogP contribution in [0.4, 0.5) is 41.2 Å². The third kappa shape index (κ3) is 8.62. The molecule has 0 spiro atoms. The summed E-state index contributed by atoms with van der Waals surface area (Å²) < 4.78 is 96.1. The molecule has 1 aliphatic carbocycles. The van der Waals surface area contributed by atoms with Gasteiger partial charge in [0.15, 0.2) is 11.5 Å². The summed E-state index contributed by atoms with van der Waals surface area (Å²) in [5.74, 6) is -2.46. The summed E-state index contributed by atoms with van der Waals surface area (Å²) in [6.07, 6.45) is -4.42. The molecule has 0 bridgehead atoms. The molecule has 0 unspecified atom stereocenters. The summed E-state index contributed by atoms with van der Waals surface area (Å²) in [7, 11) is 5.39. The third-order valence-corrected chi connectivity index (χ3v) is 9.48. The Hall–Kier alpha value is -3.79. The second-order valence-corrected chi connectivity index (χ2v) is 12.4. The van der Waals surface area contributed by atoms with E-state index in [1.807, 2.05) is 6.07 Å². The number of halogens is 7. The lowest BCUT2D eigenvalue weighted by atomic mass is 9.65. The Balaban J connectivity index is 0.000000671. The van der Waals surface area contributed by atoms with Gasteiger partial charge in [0.2, 0.25) is 0 Å². The number of alkyl halides is 6. The molecule has 0 aromatic heterocycles. The Bertz CT molecular complexity index is 1450. The molecule has 2 heterocycles. The van der Waals surface area contributed by atoms with Crippen molar-refractivity contribution in [3.8, 4) is 11.5 Å². The summed E-state index contributed by atoms with van der Waals surface area (Å²) in [6, 6.07) is 7.97. The predicted octanol–water partition coefficient (Wildman–Crippen LogP) is 6.28. The summed E-state index contributed by atoms with van der Waals surface area (Å²) in [4.78, 5) is 26.8. The van der Waals surface area contributed by atoms with Gasteiger partial charge in [0.05, 0.1) is 19.8 Å². The van der Waals surface area contributed by atoms with E-state index < -0.39 is 35.7 Å². The van der Waals surface area contributed by atoms with Crippen LogP contribution in [0.2, 0.25) is 0 Å². The van der Waals surface area contributed by atoms with Crippen molar-refractivity contribution in [2.45, 2.75) is 74.4 Å². The zero-order chi connectivity index (χ0) is 35.4. The van der Waals surface area contributed by atoms with Gasteiger partial charge >= 0.3 is 24.4 Å². The van der Waals surface area contributed by atoms with E-state index in [0.717, 1.165) is 57.5 Å². The number of fused-ring (bicyclic) bond motifs is 1. The molecule has 9 nitrogen and oxygen atoms in total. The molecule has 266 valence electrons. The van der Waals surface area contributed by atoms with Crippen molar-refractivity contribution in [2.24, 2.45) is 0 Å². The summed E-state index contributed by atoms with van der Waals surface area (Å²) in [6.45, 7) is 3.03. The first-order valence-corrected chi connectivity index (χ1v) is 15.4. The Morgan fingerprint density at radius 3 is 2.15 bits per heavy atom. The van der Waals surface area contributed by atoms with Crippen LogP contribution in [0.5, 0.6) is 11.5 Å². The first-order chi connectivity index (χ1) is 22.5. The highest BCUT2D eigenvalue weighted by Gasteiger charge is 2.53. The number of carboxylic acid groups (broad SMARTS) is 1. The molecular formula is C32H39F7N4O5. The number of methoxy groups -OCH3 is 2. The molecule has 3 fully saturated rings. The predicted molar refractivity (Wildman–Crippen MR) is 162 cm³/mol. The molecule has 5 rings (SSSR count). The standard InChI is InChI=1S/C30H38F4N4O3.C2HF3O2/c1-37-11-7-24(8-12-37)38-13-10-29(19-4-5-25(40-2)26(16-19)41-3)9-6-22(18-27(29)38)35-28(39)36-23-15-20(30(32,33)34)14-21(31)17-23;3-2(4,5)1(6)7/h4-5,14-17,22,24,27H,6-13,18H2,1-3H3,(H2,35,36,39);(H,6,7)/t22-,27+,29+;/m1./s1. The number of urea groups is 1. The van der Waals surface area contributed by atoms with Crippen LogP contribution in [-0.2, 0) is 16.4 Å². The van der Waals surface area contributed by atoms with Gasteiger partial charge in [-0.3, -0.25) is 4.90 Å². The Morgan fingerprint density at radius 1 is 0.917 bits per heavy atom. The first-order valence-electron chi connectivity index (χ1n) is 15.4. The van der Waals surface area contributed by atoms with Crippen molar-refractivity contribution in [3.63, 3.8) is 0 Å². The maximum absolute atomic E-state index is 13.9.